The molecule has 1 rings (SSSR count). The minimum Gasteiger partial charge on any atom is -0.462 e. The predicted octanol–water partition coefficient (Wildman–Crippen LogP) is 7.81. The number of phosphoric acid groups is 2. The maximum atomic E-state index is 13.0. The number of carbonyl (C=O) groups is 2. The number of aliphatic hydroxyl groups is 5. The van der Waals surface area contributed by atoms with Crippen molar-refractivity contribution in [3.05, 3.63) is 72.9 Å². The highest BCUT2D eigenvalue weighted by atomic mass is 31.2. The highest BCUT2D eigenvalue weighted by Crippen LogP contribution is 2.49. The monoisotopic (exact) mass is 978 g/mol. The lowest BCUT2D eigenvalue weighted by Crippen LogP contribution is -2.64. The minimum atomic E-state index is -5.38. The number of rotatable bonds is 38. The third-order valence-electron chi connectivity index (χ3n) is 10.3. The molecule has 0 aromatic heterocycles. The number of ether oxygens (including phenoxy) is 2. The van der Waals surface area contributed by atoms with Gasteiger partial charge >= 0.3 is 27.6 Å². The molecule has 0 aromatic carbocycles. The second-order valence-corrected chi connectivity index (χ2v) is 18.9. The molecule has 0 bridgehead atoms. The minimum absolute atomic E-state index is 0.0113. The Hall–Kier alpha value is -2.60. The number of carbonyl (C=O) groups excluding carboxylic acids is 2. The van der Waals surface area contributed by atoms with Crippen LogP contribution in [0.4, 0.5) is 0 Å². The quantitative estimate of drug-likeness (QED) is 0.00963. The molecule has 0 spiro atoms. The molecule has 9 atom stereocenters. The van der Waals surface area contributed by atoms with E-state index in [1.165, 1.54) is 19.3 Å². The zero-order valence-electron chi connectivity index (χ0n) is 39.0. The first-order chi connectivity index (χ1) is 31.5. The van der Waals surface area contributed by atoms with Gasteiger partial charge in [-0.2, -0.15) is 0 Å². The Bertz CT molecular complexity index is 1570. The molecule has 0 aliphatic heterocycles. The molecule has 1 fully saturated rings. The molecule has 66 heavy (non-hydrogen) atoms. The van der Waals surface area contributed by atoms with Crippen molar-refractivity contribution in [1.82, 2.24) is 0 Å². The number of unbranched alkanes of at least 4 members (excludes halogenated alkanes) is 12. The van der Waals surface area contributed by atoms with E-state index in [9.17, 15) is 58.9 Å². The van der Waals surface area contributed by atoms with Gasteiger partial charge in [0, 0.05) is 12.8 Å². The molecule has 0 saturated heterocycles. The largest absolute Gasteiger partial charge is 0.472 e. The van der Waals surface area contributed by atoms with Crippen molar-refractivity contribution < 1.29 is 82.0 Å². The van der Waals surface area contributed by atoms with Gasteiger partial charge < -0.3 is 49.7 Å². The second kappa shape index (κ2) is 37.3. The first kappa shape index (κ1) is 61.4. The average Bonchev–Trinajstić information content (AvgIpc) is 3.26. The Labute approximate surface area is 392 Å². The summed E-state index contributed by atoms with van der Waals surface area (Å²) < 4.78 is 49.3. The van der Waals surface area contributed by atoms with E-state index in [2.05, 4.69) is 47.9 Å². The van der Waals surface area contributed by atoms with Gasteiger partial charge in [0.2, 0.25) is 0 Å². The Morgan fingerprint density at radius 2 is 1.11 bits per heavy atom. The van der Waals surface area contributed by atoms with E-state index in [0.717, 1.165) is 83.5 Å². The highest BCUT2D eigenvalue weighted by Gasteiger charge is 2.54. The van der Waals surface area contributed by atoms with Crippen LogP contribution in [-0.2, 0) is 41.8 Å². The predicted molar refractivity (Wildman–Crippen MR) is 252 cm³/mol. The van der Waals surface area contributed by atoms with E-state index in [4.69, 9.17) is 18.5 Å². The van der Waals surface area contributed by atoms with E-state index in [0.29, 0.717) is 19.3 Å². The van der Waals surface area contributed by atoms with Gasteiger partial charge in [-0.1, -0.05) is 132 Å². The summed E-state index contributed by atoms with van der Waals surface area (Å²) in [4.78, 5) is 54.3. The van der Waals surface area contributed by atoms with Gasteiger partial charge in [0.15, 0.2) is 6.10 Å². The molecule has 19 heteroatoms. The summed E-state index contributed by atoms with van der Waals surface area (Å²) in [6.07, 6.45) is 26.1. The Morgan fingerprint density at radius 3 is 1.70 bits per heavy atom. The second-order valence-electron chi connectivity index (χ2n) is 16.3. The van der Waals surface area contributed by atoms with Crippen LogP contribution in [0.15, 0.2) is 72.9 Å². The van der Waals surface area contributed by atoms with Crippen molar-refractivity contribution in [2.24, 2.45) is 0 Å². The molecule has 8 N–H and O–H groups in total. The fourth-order valence-electron chi connectivity index (χ4n) is 6.66. The standard InChI is InChI=1S/C47H80O17P2/c1-3-5-7-8-9-10-11-12-13-14-15-16-17-20-23-26-30-34-40(49)60-36-39(62-41(50)35-31-27-24-21-18-19-22-25-29-33-38(48)32-28-6-4-2)37-61-66(58,59)64-47-44(53)42(51)43(52)46(45(47)54)63-65(55,56)57/h6,9-10,12-13,15-16,22,25,28-29,33,38-39,42-48,51-54H,3-5,7-8,11,14,17-21,23-24,26-27,30-32,34-37H2,1-2H3,(H,58,59)(H2,55,56,57)/b10-9-,13-12-,16-15-,25-22+,28-6+,33-29+/t38?,39-,42?,43?,44?,45?,46-,47+/m1/s1. The highest BCUT2D eigenvalue weighted by molar-refractivity contribution is 7.47. The van der Waals surface area contributed by atoms with Crippen LogP contribution in [0, 0.1) is 0 Å². The summed E-state index contributed by atoms with van der Waals surface area (Å²) in [6, 6.07) is 0. The Balaban J connectivity index is 2.64. The molecule has 0 radical (unpaired) electrons. The molecule has 0 amide bonds. The van der Waals surface area contributed by atoms with Gasteiger partial charge in [-0.25, -0.2) is 9.13 Å². The molecule has 1 aliphatic rings. The van der Waals surface area contributed by atoms with E-state index in [1.807, 2.05) is 37.3 Å². The SMILES string of the molecule is CC/C=C/CC(O)/C=C/C=C/CCCCCCCC(=O)O[C@H](COC(=O)CCCCCC/C=C\C/C=C\C/C=C\CCCCC)COP(=O)(O)O[C@H]1C(O)C(O)C(O)[C@@H](OP(=O)(O)O)C1O. The third kappa shape index (κ3) is 31.4. The first-order valence-electron chi connectivity index (χ1n) is 23.6. The summed E-state index contributed by atoms with van der Waals surface area (Å²) in [7, 11) is -10.7. The topological polar surface area (TPSA) is 276 Å². The summed E-state index contributed by atoms with van der Waals surface area (Å²) in [5.74, 6) is -1.29. The van der Waals surface area contributed by atoms with Crippen LogP contribution < -0.4 is 0 Å². The molecule has 380 valence electrons. The Kier molecular flexibility index (Phi) is 34.7. The van der Waals surface area contributed by atoms with E-state index >= 15 is 0 Å². The number of esters is 2. The summed E-state index contributed by atoms with van der Waals surface area (Å²) in [5.41, 5.74) is 0. The molecule has 6 unspecified atom stereocenters. The normalized spacial score (nSPS) is 22.6. The van der Waals surface area contributed by atoms with Gasteiger partial charge in [-0.15, -0.1) is 0 Å². The Morgan fingerprint density at radius 1 is 0.576 bits per heavy atom. The zero-order chi connectivity index (χ0) is 49.1. The van der Waals surface area contributed by atoms with Gasteiger partial charge in [0.05, 0.1) is 12.7 Å². The van der Waals surface area contributed by atoms with E-state index < -0.39 is 89.6 Å². The maximum Gasteiger partial charge on any atom is 0.472 e. The van der Waals surface area contributed by atoms with Crippen LogP contribution >= 0.6 is 15.6 Å². The lowest BCUT2D eigenvalue weighted by molar-refractivity contribution is -0.216. The first-order valence-corrected chi connectivity index (χ1v) is 26.6. The smallest absolute Gasteiger partial charge is 0.462 e. The van der Waals surface area contributed by atoms with Crippen molar-refractivity contribution in [3.8, 4) is 0 Å². The van der Waals surface area contributed by atoms with Crippen molar-refractivity contribution >= 4 is 27.6 Å². The zero-order valence-corrected chi connectivity index (χ0v) is 40.7. The molecular weight excluding hydrogens is 898 g/mol. The fraction of sp³-hybridized carbons (Fsp3) is 0.702. The number of aliphatic hydroxyl groups excluding tert-OH is 5. The van der Waals surface area contributed by atoms with E-state index in [1.54, 1.807) is 6.08 Å². The summed E-state index contributed by atoms with van der Waals surface area (Å²) in [6.45, 7) is 2.82. The molecule has 0 heterocycles. The number of hydrogen-bond donors (Lipinski definition) is 8. The van der Waals surface area contributed by atoms with Crippen LogP contribution in [0.3, 0.4) is 0 Å². The van der Waals surface area contributed by atoms with Crippen LogP contribution in [0.25, 0.3) is 0 Å². The van der Waals surface area contributed by atoms with Gasteiger partial charge in [-0.3, -0.25) is 23.2 Å². The molecule has 0 aromatic rings. The van der Waals surface area contributed by atoms with Crippen molar-refractivity contribution in [3.63, 3.8) is 0 Å². The summed E-state index contributed by atoms with van der Waals surface area (Å²) >= 11 is 0. The van der Waals surface area contributed by atoms with E-state index in [-0.39, 0.29) is 12.8 Å². The maximum absolute atomic E-state index is 13.0. The average molecular weight is 979 g/mol. The fourth-order valence-corrected chi connectivity index (χ4v) is 8.19. The van der Waals surface area contributed by atoms with Gasteiger partial charge in [-0.05, 0) is 77.0 Å². The molecular formula is C47H80O17P2. The van der Waals surface area contributed by atoms with Crippen LogP contribution in [-0.4, -0.2) is 114 Å². The molecule has 1 aliphatic carbocycles. The molecule has 1 saturated carbocycles. The number of allylic oxidation sites excluding steroid dienone is 10. The van der Waals surface area contributed by atoms with Gasteiger partial charge in [0.1, 0.15) is 43.2 Å². The van der Waals surface area contributed by atoms with Crippen molar-refractivity contribution in [2.75, 3.05) is 13.2 Å². The van der Waals surface area contributed by atoms with Crippen LogP contribution in [0.1, 0.15) is 149 Å². The van der Waals surface area contributed by atoms with Crippen LogP contribution in [0.5, 0.6) is 0 Å². The number of hydrogen-bond acceptors (Lipinski definition) is 14. The van der Waals surface area contributed by atoms with Crippen molar-refractivity contribution in [1.29, 1.82) is 0 Å². The summed E-state index contributed by atoms with van der Waals surface area (Å²) in [5, 5.41) is 51.1. The lowest BCUT2D eigenvalue weighted by Gasteiger charge is -2.43. The molecule has 17 nitrogen and oxygen atoms in total. The third-order valence-corrected chi connectivity index (χ3v) is 11.8. The van der Waals surface area contributed by atoms with Crippen LogP contribution in [0.2, 0.25) is 0 Å². The number of phosphoric ester groups is 2. The van der Waals surface area contributed by atoms with Crippen molar-refractivity contribution in [2.45, 2.75) is 198 Å². The lowest BCUT2D eigenvalue weighted by atomic mass is 9.85. The van der Waals surface area contributed by atoms with Gasteiger partial charge in [0.25, 0.3) is 0 Å².